The number of allylic oxidation sites excluding steroid dienone is 14. The van der Waals surface area contributed by atoms with Gasteiger partial charge in [0.1, 0.15) is 13.2 Å². The van der Waals surface area contributed by atoms with E-state index in [2.05, 4.69) is 106 Å². The highest BCUT2D eigenvalue weighted by Gasteiger charge is 2.19. The highest BCUT2D eigenvalue weighted by molar-refractivity contribution is 5.71. The first kappa shape index (κ1) is 65.6. The molecule has 0 heterocycles. The molecule has 6 nitrogen and oxygen atoms in total. The van der Waals surface area contributed by atoms with Gasteiger partial charge in [0.2, 0.25) is 0 Å². The van der Waals surface area contributed by atoms with E-state index in [1.807, 2.05) is 0 Å². The van der Waals surface area contributed by atoms with Gasteiger partial charge in [-0.25, -0.2) is 0 Å². The largest absolute Gasteiger partial charge is 0.462 e. The average Bonchev–Trinajstić information content (AvgIpc) is 3.35. The van der Waals surface area contributed by atoms with Gasteiger partial charge in [0, 0.05) is 19.3 Å². The standard InChI is InChI=1S/C63H108O6/c1-4-7-10-13-16-19-22-25-28-31-34-37-40-43-46-49-52-55-61(64)67-58-60(69-63(66)57-54-51-48-45-42-39-36-33-30-27-24-21-18-15-12-9-6-3)59-68-62(65)56-53-50-47-44-41-38-35-32-29-26-23-20-17-14-11-8-5-2/h7,10,16-17,19-20,25-26,28-29,34-35,37-38,60H,4-6,8-9,11-15,18,21-24,27,30-33,36,39-59H2,1-3H3/b10-7-,19-16-,20-17-,28-25-,29-26-,37-34-,38-35-/t60-/m1/s1. The van der Waals surface area contributed by atoms with E-state index < -0.39 is 6.10 Å². The lowest BCUT2D eigenvalue weighted by Crippen LogP contribution is -2.30. The fourth-order valence-corrected chi connectivity index (χ4v) is 8.03. The average molecular weight is 962 g/mol. The maximum absolute atomic E-state index is 12.9. The van der Waals surface area contributed by atoms with Gasteiger partial charge in [-0.15, -0.1) is 0 Å². The van der Waals surface area contributed by atoms with Crippen LogP contribution in [-0.2, 0) is 28.6 Å². The van der Waals surface area contributed by atoms with Crippen LogP contribution in [0.2, 0.25) is 0 Å². The molecule has 0 rings (SSSR count). The van der Waals surface area contributed by atoms with Crippen molar-refractivity contribution in [1.82, 2.24) is 0 Å². The number of hydrogen-bond donors (Lipinski definition) is 0. The van der Waals surface area contributed by atoms with Crippen LogP contribution in [0.3, 0.4) is 0 Å². The van der Waals surface area contributed by atoms with E-state index >= 15 is 0 Å². The van der Waals surface area contributed by atoms with Gasteiger partial charge < -0.3 is 14.2 Å². The molecule has 0 radical (unpaired) electrons. The molecule has 0 saturated carbocycles. The maximum atomic E-state index is 12.9. The Kier molecular flexibility index (Phi) is 54.3. The Morgan fingerprint density at radius 3 is 0.913 bits per heavy atom. The van der Waals surface area contributed by atoms with Crippen molar-refractivity contribution < 1.29 is 28.6 Å². The van der Waals surface area contributed by atoms with Gasteiger partial charge in [0.25, 0.3) is 0 Å². The summed E-state index contributed by atoms with van der Waals surface area (Å²) in [6.07, 6.45) is 74.2. The molecular weight excluding hydrogens is 853 g/mol. The highest BCUT2D eigenvalue weighted by Crippen LogP contribution is 2.16. The summed E-state index contributed by atoms with van der Waals surface area (Å²) in [4.78, 5) is 38.2. The molecule has 396 valence electrons. The zero-order chi connectivity index (χ0) is 50.0. The summed E-state index contributed by atoms with van der Waals surface area (Å²) in [5.41, 5.74) is 0. The molecule has 0 fully saturated rings. The lowest BCUT2D eigenvalue weighted by atomic mass is 10.0. The van der Waals surface area contributed by atoms with Crippen molar-refractivity contribution in [2.75, 3.05) is 13.2 Å². The molecule has 0 unspecified atom stereocenters. The SMILES string of the molecule is CC/C=C\C/C=C\C/C=C\C/C=C\CCCCCCC(=O)OC[C@H](COC(=O)CCCCCC/C=C\C/C=C\C/C=C\CCCCC)OC(=O)CCCCCCCCCCCCCCCCCCC. The Labute approximate surface area is 426 Å². The number of carbonyl (C=O) groups is 3. The fraction of sp³-hybridized carbons (Fsp3) is 0.730. The predicted molar refractivity (Wildman–Crippen MR) is 297 cm³/mol. The zero-order valence-electron chi connectivity index (χ0n) is 45.3. The molecule has 0 N–H and O–H groups in total. The number of carbonyl (C=O) groups excluding carboxylic acids is 3. The van der Waals surface area contributed by atoms with Gasteiger partial charge in [-0.1, -0.05) is 247 Å². The Morgan fingerprint density at radius 2 is 0.565 bits per heavy atom. The maximum Gasteiger partial charge on any atom is 0.306 e. The molecular formula is C63H108O6. The van der Waals surface area contributed by atoms with Crippen molar-refractivity contribution in [3.05, 3.63) is 85.1 Å². The van der Waals surface area contributed by atoms with E-state index in [1.54, 1.807) is 0 Å². The Balaban J connectivity index is 4.45. The molecule has 0 aliphatic heterocycles. The second-order valence-corrected chi connectivity index (χ2v) is 19.2. The monoisotopic (exact) mass is 961 g/mol. The van der Waals surface area contributed by atoms with Gasteiger partial charge >= 0.3 is 17.9 Å². The smallest absolute Gasteiger partial charge is 0.306 e. The molecule has 0 amide bonds. The molecule has 0 aromatic carbocycles. The topological polar surface area (TPSA) is 78.9 Å². The summed E-state index contributed by atoms with van der Waals surface area (Å²) in [7, 11) is 0. The lowest BCUT2D eigenvalue weighted by Gasteiger charge is -2.18. The normalized spacial score (nSPS) is 12.7. The molecule has 0 aliphatic carbocycles. The molecule has 69 heavy (non-hydrogen) atoms. The molecule has 0 spiro atoms. The van der Waals surface area contributed by atoms with Gasteiger partial charge in [0.15, 0.2) is 6.10 Å². The summed E-state index contributed by atoms with van der Waals surface area (Å²) >= 11 is 0. The lowest BCUT2D eigenvalue weighted by molar-refractivity contribution is -0.167. The third kappa shape index (κ3) is 55.4. The van der Waals surface area contributed by atoms with Gasteiger partial charge in [-0.2, -0.15) is 0 Å². The quantitative estimate of drug-likeness (QED) is 0.0262. The first-order chi connectivity index (χ1) is 34.0. The van der Waals surface area contributed by atoms with Crippen LogP contribution in [0.25, 0.3) is 0 Å². The predicted octanol–water partition coefficient (Wildman–Crippen LogP) is 19.5. The van der Waals surface area contributed by atoms with Crippen LogP contribution in [0.1, 0.15) is 278 Å². The number of esters is 3. The summed E-state index contributed by atoms with van der Waals surface area (Å²) in [6.45, 7) is 6.48. The third-order valence-electron chi connectivity index (χ3n) is 12.4. The van der Waals surface area contributed by atoms with E-state index in [0.29, 0.717) is 19.3 Å². The third-order valence-corrected chi connectivity index (χ3v) is 12.4. The van der Waals surface area contributed by atoms with Crippen LogP contribution < -0.4 is 0 Å². The molecule has 0 bridgehead atoms. The summed E-state index contributed by atoms with van der Waals surface area (Å²) < 4.78 is 16.9. The number of rotatable bonds is 52. The minimum Gasteiger partial charge on any atom is -0.462 e. The molecule has 1 atom stereocenters. The van der Waals surface area contributed by atoms with Crippen LogP contribution in [0.5, 0.6) is 0 Å². The summed E-state index contributed by atoms with van der Waals surface area (Å²) in [5.74, 6) is -0.929. The van der Waals surface area contributed by atoms with E-state index in [1.165, 1.54) is 116 Å². The first-order valence-corrected chi connectivity index (χ1v) is 29.1. The van der Waals surface area contributed by atoms with Gasteiger partial charge in [0.05, 0.1) is 0 Å². The van der Waals surface area contributed by atoms with Crippen molar-refractivity contribution in [2.45, 2.75) is 284 Å². The van der Waals surface area contributed by atoms with E-state index in [0.717, 1.165) is 122 Å². The molecule has 6 heteroatoms. The van der Waals surface area contributed by atoms with Crippen LogP contribution in [-0.4, -0.2) is 37.2 Å². The Bertz CT molecular complexity index is 1330. The molecule has 0 aromatic heterocycles. The van der Waals surface area contributed by atoms with E-state index in [9.17, 15) is 14.4 Å². The van der Waals surface area contributed by atoms with Crippen LogP contribution in [0.4, 0.5) is 0 Å². The van der Waals surface area contributed by atoms with Crippen molar-refractivity contribution in [1.29, 1.82) is 0 Å². The van der Waals surface area contributed by atoms with Gasteiger partial charge in [-0.3, -0.25) is 14.4 Å². The minimum atomic E-state index is -0.795. The second kappa shape index (κ2) is 57.2. The summed E-state index contributed by atoms with van der Waals surface area (Å²) in [6, 6.07) is 0. The van der Waals surface area contributed by atoms with Crippen molar-refractivity contribution in [3.63, 3.8) is 0 Å². The van der Waals surface area contributed by atoms with Crippen molar-refractivity contribution in [2.24, 2.45) is 0 Å². The minimum absolute atomic E-state index is 0.0946. The first-order valence-electron chi connectivity index (χ1n) is 29.1. The van der Waals surface area contributed by atoms with E-state index in [4.69, 9.17) is 14.2 Å². The van der Waals surface area contributed by atoms with Crippen LogP contribution >= 0.6 is 0 Å². The van der Waals surface area contributed by atoms with Crippen molar-refractivity contribution in [3.8, 4) is 0 Å². The molecule has 0 aromatic rings. The fourth-order valence-electron chi connectivity index (χ4n) is 8.03. The Morgan fingerprint density at radius 1 is 0.304 bits per heavy atom. The molecule has 0 saturated heterocycles. The zero-order valence-corrected chi connectivity index (χ0v) is 45.3. The van der Waals surface area contributed by atoms with Crippen LogP contribution in [0.15, 0.2) is 85.1 Å². The highest BCUT2D eigenvalue weighted by atomic mass is 16.6. The second-order valence-electron chi connectivity index (χ2n) is 19.2. The number of ether oxygens (including phenoxy) is 3. The number of hydrogen-bond acceptors (Lipinski definition) is 6. The van der Waals surface area contributed by atoms with Crippen molar-refractivity contribution >= 4 is 17.9 Å². The molecule has 0 aliphatic rings. The summed E-state index contributed by atoms with van der Waals surface area (Å²) in [5, 5.41) is 0. The Hall–Kier alpha value is -3.41. The van der Waals surface area contributed by atoms with Gasteiger partial charge in [-0.05, 0) is 96.3 Å². The van der Waals surface area contributed by atoms with E-state index in [-0.39, 0.29) is 31.1 Å². The number of unbranched alkanes of at least 4 members (excludes halogenated alkanes) is 27. The van der Waals surface area contributed by atoms with Crippen LogP contribution in [0, 0.1) is 0 Å².